The molecule has 1 N–H and O–H groups in total. The number of nitrogens with zero attached hydrogens (tertiary/aromatic N) is 4. The summed E-state index contributed by atoms with van der Waals surface area (Å²) < 4.78 is 19.6. The Morgan fingerprint density at radius 1 is 0.841 bits per heavy atom. The summed E-state index contributed by atoms with van der Waals surface area (Å²) in [6.45, 7) is 3.15. The third-order valence-electron chi connectivity index (χ3n) is 7.66. The zero-order valence-corrected chi connectivity index (χ0v) is 24.9. The molecule has 6 rings (SSSR count). The molecule has 44 heavy (non-hydrogen) atoms. The van der Waals surface area contributed by atoms with Gasteiger partial charge in [-0.3, -0.25) is 4.68 Å². The molecule has 0 spiro atoms. The molecule has 0 unspecified atom stereocenters. The predicted octanol–water partition coefficient (Wildman–Crippen LogP) is 6.83. The Bertz CT molecular complexity index is 1680. The third-order valence-corrected chi connectivity index (χ3v) is 7.66. The van der Waals surface area contributed by atoms with Crippen LogP contribution in [0.5, 0.6) is 11.8 Å². The number of aryl methyl sites for hydroxylation is 1. The largest absolute Gasteiger partial charge is 0.473 e. The zero-order chi connectivity index (χ0) is 30.1. The minimum Gasteiger partial charge on any atom is -0.473 e. The number of hydrogen-bond donors (Lipinski definition) is 1. The highest BCUT2D eigenvalue weighted by atomic mass is 16.6. The topological polar surface area (TPSA) is 90.7 Å². The fourth-order valence-corrected chi connectivity index (χ4v) is 5.32. The Morgan fingerprint density at radius 2 is 1.55 bits per heavy atom. The second kappa shape index (κ2) is 13.9. The Hall–Kier alpha value is -5.05. The van der Waals surface area contributed by atoms with Gasteiger partial charge in [0.1, 0.15) is 25.5 Å². The van der Waals surface area contributed by atoms with Gasteiger partial charge < -0.3 is 24.4 Å². The molecular weight excluding hydrogens is 554 g/mol. The smallest absolute Gasteiger partial charge is 0.409 e. The van der Waals surface area contributed by atoms with Crippen LogP contribution >= 0.6 is 0 Å². The average molecular weight is 592 g/mol. The van der Waals surface area contributed by atoms with Crippen molar-refractivity contribution in [2.45, 2.75) is 32.5 Å². The molecule has 226 valence electrons. The van der Waals surface area contributed by atoms with Crippen molar-refractivity contribution in [3.63, 3.8) is 0 Å². The van der Waals surface area contributed by atoms with Gasteiger partial charge in [-0.05, 0) is 54.7 Å². The Kier molecular flexibility index (Phi) is 9.21. The molecule has 1 aliphatic heterocycles. The number of ether oxygens (including phenoxy) is 3. The van der Waals surface area contributed by atoms with Gasteiger partial charge in [0.05, 0.1) is 11.1 Å². The van der Waals surface area contributed by atoms with Crippen LogP contribution in [0.2, 0.25) is 0 Å². The zero-order valence-electron chi connectivity index (χ0n) is 24.9. The van der Waals surface area contributed by atoms with Crippen LogP contribution in [-0.4, -0.2) is 52.0 Å². The molecular formula is C35H37N5O4. The van der Waals surface area contributed by atoms with E-state index in [1.807, 2.05) is 103 Å². The van der Waals surface area contributed by atoms with Crippen molar-refractivity contribution < 1.29 is 19.0 Å². The number of hydrogen-bond acceptors (Lipinski definition) is 7. The quantitative estimate of drug-likeness (QED) is 0.168. The number of carbonyl (C=O) groups excluding carboxylic acids is 1. The number of likely N-dealkylation sites (tertiary alicyclic amines) is 1. The van der Waals surface area contributed by atoms with Crippen molar-refractivity contribution in [2.75, 3.05) is 31.6 Å². The molecule has 0 bridgehead atoms. The Morgan fingerprint density at radius 3 is 2.27 bits per heavy atom. The number of amides is 1. The van der Waals surface area contributed by atoms with Crippen LogP contribution in [0.25, 0.3) is 22.2 Å². The maximum atomic E-state index is 12.3. The summed E-state index contributed by atoms with van der Waals surface area (Å²) in [7, 11) is 1.92. The van der Waals surface area contributed by atoms with E-state index in [1.54, 1.807) is 4.90 Å². The molecule has 9 heteroatoms. The van der Waals surface area contributed by atoms with Crippen LogP contribution < -0.4 is 14.8 Å². The molecule has 5 aromatic rings. The van der Waals surface area contributed by atoms with E-state index in [0.717, 1.165) is 64.9 Å². The number of benzene rings is 3. The SMILES string of the molecule is Cn1nc(-c2ccc(OCc3ccccc3)nc2OCc2ccccc2)c2ccc(NCCOC(=O)N3CCCCC3)cc21. The van der Waals surface area contributed by atoms with Gasteiger partial charge in [0, 0.05) is 43.8 Å². The van der Waals surface area contributed by atoms with Crippen molar-refractivity contribution in [2.24, 2.45) is 7.05 Å². The second-order valence-corrected chi connectivity index (χ2v) is 10.8. The number of pyridine rings is 1. The number of fused-ring (bicyclic) bond motifs is 1. The summed E-state index contributed by atoms with van der Waals surface area (Å²) in [5, 5.41) is 9.20. The molecule has 3 aromatic carbocycles. The summed E-state index contributed by atoms with van der Waals surface area (Å²) in [6, 6.07) is 29.9. The molecule has 1 saturated heterocycles. The van der Waals surface area contributed by atoms with Crippen molar-refractivity contribution in [3.8, 4) is 23.0 Å². The van der Waals surface area contributed by atoms with Crippen LogP contribution in [-0.2, 0) is 25.0 Å². The van der Waals surface area contributed by atoms with Gasteiger partial charge in [0.2, 0.25) is 11.8 Å². The number of aromatic nitrogens is 3. The summed E-state index contributed by atoms with van der Waals surface area (Å²) in [5.74, 6) is 0.936. The Labute approximate surface area is 257 Å². The van der Waals surface area contributed by atoms with Crippen molar-refractivity contribution in [1.29, 1.82) is 0 Å². The minimum atomic E-state index is -0.228. The number of anilines is 1. The van der Waals surface area contributed by atoms with E-state index < -0.39 is 0 Å². The third kappa shape index (κ3) is 7.11. The number of nitrogens with one attached hydrogen (secondary N) is 1. The van der Waals surface area contributed by atoms with Crippen molar-refractivity contribution in [1.82, 2.24) is 19.7 Å². The fraction of sp³-hybridized carbons (Fsp3) is 0.286. The summed E-state index contributed by atoms with van der Waals surface area (Å²) in [4.78, 5) is 18.8. The highest BCUT2D eigenvalue weighted by Crippen LogP contribution is 2.36. The first kappa shape index (κ1) is 29.0. The number of carbonyl (C=O) groups is 1. The van der Waals surface area contributed by atoms with Gasteiger partial charge in [0.25, 0.3) is 0 Å². The first-order valence-corrected chi connectivity index (χ1v) is 15.1. The highest BCUT2D eigenvalue weighted by molar-refractivity contribution is 5.96. The average Bonchev–Trinajstić information content (AvgIpc) is 3.41. The van der Waals surface area contributed by atoms with Crippen LogP contribution in [0.1, 0.15) is 30.4 Å². The van der Waals surface area contributed by atoms with E-state index in [1.165, 1.54) is 6.42 Å². The molecule has 2 aromatic heterocycles. The number of rotatable bonds is 11. The summed E-state index contributed by atoms with van der Waals surface area (Å²) in [5.41, 5.74) is 5.53. The lowest BCUT2D eigenvalue weighted by atomic mass is 10.1. The summed E-state index contributed by atoms with van der Waals surface area (Å²) >= 11 is 0. The molecule has 0 saturated carbocycles. The molecule has 0 atom stereocenters. The van der Waals surface area contributed by atoms with Gasteiger partial charge in [-0.1, -0.05) is 60.7 Å². The minimum absolute atomic E-state index is 0.228. The molecule has 0 aliphatic carbocycles. The van der Waals surface area contributed by atoms with E-state index in [0.29, 0.717) is 38.1 Å². The standard InChI is InChI=1S/C35H37N5O4/c1-39-31-23-28(36-19-22-42-35(41)40-20-9-4-10-21-40)15-16-29(31)33(38-39)30-17-18-32(43-24-26-11-5-2-6-12-26)37-34(30)44-25-27-13-7-3-8-14-27/h2-3,5-8,11-18,23,36H,4,9-10,19-22,24-25H2,1H3. The van der Waals surface area contributed by atoms with E-state index in [4.69, 9.17) is 24.3 Å². The van der Waals surface area contributed by atoms with E-state index in [-0.39, 0.29) is 6.09 Å². The predicted molar refractivity (Wildman–Crippen MR) is 171 cm³/mol. The first-order chi connectivity index (χ1) is 21.6. The molecule has 3 heterocycles. The molecule has 9 nitrogen and oxygen atoms in total. The second-order valence-electron chi connectivity index (χ2n) is 10.8. The van der Waals surface area contributed by atoms with Gasteiger partial charge in [-0.25, -0.2) is 4.79 Å². The van der Waals surface area contributed by atoms with E-state index in [2.05, 4.69) is 5.32 Å². The van der Waals surface area contributed by atoms with Gasteiger partial charge >= 0.3 is 6.09 Å². The van der Waals surface area contributed by atoms with Gasteiger partial charge in [0.15, 0.2) is 0 Å². The number of piperidine rings is 1. The van der Waals surface area contributed by atoms with Crippen LogP contribution in [0, 0.1) is 0 Å². The van der Waals surface area contributed by atoms with Crippen molar-refractivity contribution in [3.05, 3.63) is 102 Å². The maximum absolute atomic E-state index is 12.3. The van der Waals surface area contributed by atoms with Crippen LogP contribution in [0.15, 0.2) is 91.0 Å². The van der Waals surface area contributed by atoms with Crippen LogP contribution in [0.3, 0.4) is 0 Å². The summed E-state index contributed by atoms with van der Waals surface area (Å²) in [6.07, 6.45) is 3.04. The van der Waals surface area contributed by atoms with Gasteiger partial charge in [-0.2, -0.15) is 10.1 Å². The molecule has 1 fully saturated rings. The van der Waals surface area contributed by atoms with E-state index >= 15 is 0 Å². The van der Waals surface area contributed by atoms with E-state index in [9.17, 15) is 4.79 Å². The monoisotopic (exact) mass is 591 g/mol. The lowest BCUT2D eigenvalue weighted by Gasteiger charge is -2.25. The maximum Gasteiger partial charge on any atom is 0.409 e. The fourth-order valence-electron chi connectivity index (χ4n) is 5.32. The van der Waals surface area contributed by atoms with Crippen molar-refractivity contribution >= 4 is 22.7 Å². The normalized spacial score (nSPS) is 13.1. The van der Waals surface area contributed by atoms with Gasteiger partial charge in [-0.15, -0.1) is 0 Å². The van der Waals surface area contributed by atoms with Crippen LogP contribution in [0.4, 0.5) is 10.5 Å². The first-order valence-electron chi connectivity index (χ1n) is 15.1. The lowest BCUT2D eigenvalue weighted by Crippen LogP contribution is -2.36. The molecule has 1 amide bonds. The lowest BCUT2D eigenvalue weighted by molar-refractivity contribution is 0.0985. The molecule has 1 aliphatic rings. The highest BCUT2D eigenvalue weighted by Gasteiger charge is 2.19. The Balaban J connectivity index is 1.18. The molecule has 0 radical (unpaired) electrons.